The molecule has 0 spiro atoms. The van der Waals surface area contributed by atoms with Gasteiger partial charge in [-0.1, -0.05) is 67.2 Å². The SMILES string of the molecule is CCCCOP(=S)(OCC(Br)(Br)Br)c1c(Br)cccc1Br. The molecule has 0 N–H and O–H groups in total. The average molecular weight is 653 g/mol. The summed E-state index contributed by atoms with van der Waals surface area (Å²) in [5.74, 6) is 0. The van der Waals surface area contributed by atoms with Crippen LogP contribution in [0.15, 0.2) is 27.1 Å². The summed E-state index contributed by atoms with van der Waals surface area (Å²) in [6.45, 7) is 0.398. The number of benzene rings is 1. The van der Waals surface area contributed by atoms with E-state index in [1.165, 1.54) is 0 Å². The number of rotatable bonds is 7. The van der Waals surface area contributed by atoms with Gasteiger partial charge in [-0.2, -0.15) is 0 Å². The summed E-state index contributed by atoms with van der Waals surface area (Å²) in [5, 5.41) is 0.868. The van der Waals surface area contributed by atoms with Crippen LogP contribution in [-0.4, -0.2) is 15.4 Å². The Morgan fingerprint density at radius 3 is 2.19 bits per heavy atom. The van der Waals surface area contributed by atoms with Gasteiger partial charge in [-0.3, -0.25) is 0 Å². The molecule has 0 heterocycles. The van der Waals surface area contributed by atoms with Gasteiger partial charge >= 0.3 is 0 Å². The highest BCUT2D eigenvalue weighted by atomic mass is 80.0. The van der Waals surface area contributed by atoms with E-state index in [1.54, 1.807) is 0 Å². The zero-order valence-electron chi connectivity index (χ0n) is 11.1. The molecule has 0 aliphatic rings. The third-order valence-corrected chi connectivity index (χ3v) is 8.19. The molecule has 1 unspecified atom stereocenters. The van der Waals surface area contributed by atoms with Crippen LogP contribution in [0.25, 0.3) is 0 Å². The molecule has 9 heteroatoms. The summed E-state index contributed by atoms with van der Waals surface area (Å²) in [6.07, 6.45) is 2.00. The fraction of sp³-hybridized carbons (Fsp3) is 0.500. The molecule has 2 nitrogen and oxygen atoms in total. The lowest BCUT2D eigenvalue weighted by atomic mass is 10.4. The molecular weight excluding hydrogens is 639 g/mol. The Hall–Kier alpha value is 2.19. The molecule has 0 saturated carbocycles. The smallest absolute Gasteiger partial charge is 0.221 e. The maximum Gasteiger partial charge on any atom is 0.221 e. The second-order valence-corrected chi connectivity index (χ2v) is 16.5. The highest BCUT2D eigenvalue weighted by molar-refractivity contribution is 9.39. The molecule has 0 amide bonds. The van der Waals surface area contributed by atoms with Gasteiger partial charge in [0.2, 0.25) is 6.49 Å². The Balaban J connectivity index is 3.09. The Kier molecular flexibility index (Phi) is 9.72. The zero-order chi connectivity index (χ0) is 16.1. The van der Waals surface area contributed by atoms with Crippen molar-refractivity contribution in [3.05, 3.63) is 27.1 Å². The van der Waals surface area contributed by atoms with Gasteiger partial charge < -0.3 is 9.05 Å². The molecule has 21 heavy (non-hydrogen) atoms. The van der Waals surface area contributed by atoms with Gasteiger partial charge in [0, 0.05) is 8.95 Å². The van der Waals surface area contributed by atoms with Gasteiger partial charge in [0.15, 0.2) is 2.14 Å². The highest BCUT2D eigenvalue weighted by Gasteiger charge is 2.31. The quantitative estimate of drug-likeness (QED) is 0.183. The molecule has 0 bridgehead atoms. The van der Waals surface area contributed by atoms with E-state index in [4.69, 9.17) is 20.9 Å². The van der Waals surface area contributed by atoms with Crippen molar-refractivity contribution < 1.29 is 9.05 Å². The van der Waals surface area contributed by atoms with Crippen LogP contribution in [0.1, 0.15) is 19.8 Å². The van der Waals surface area contributed by atoms with Gasteiger partial charge in [-0.25, -0.2) is 0 Å². The molecule has 1 aromatic carbocycles. The van der Waals surface area contributed by atoms with Crippen LogP contribution in [0.4, 0.5) is 0 Å². The van der Waals surface area contributed by atoms with E-state index in [2.05, 4.69) is 86.6 Å². The molecule has 1 atom stereocenters. The van der Waals surface area contributed by atoms with E-state index in [-0.39, 0.29) is 0 Å². The van der Waals surface area contributed by atoms with Crippen molar-refractivity contribution in [3.63, 3.8) is 0 Å². The van der Waals surface area contributed by atoms with E-state index < -0.39 is 8.63 Å². The minimum atomic E-state index is -2.62. The number of halogens is 5. The molecule has 0 fully saturated rings. The summed E-state index contributed by atoms with van der Waals surface area (Å²) in [6, 6.07) is 5.82. The Labute approximate surface area is 172 Å². The first kappa shape index (κ1) is 21.2. The van der Waals surface area contributed by atoms with Crippen molar-refractivity contribution in [3.8, 4) is 0 Å². The Bertz CT molecular complexity index is 501. The van der Waals surface area contributed by atoms with Crippen LogP contribution in [-0.2, 0) is 20.9 Å². The maximum absolute atomic E-state index is 5.99. The topological polar surface area (TPSA) is 18.5 Å². The second kappa shape index (κ2) is 9.62. The number of hydrogen-bond acceptors (Lipinski definition) is 3. The third kappa shape index (κ3) is 7.30. The van der Waals surface area contributed by atoms with Crippen molar-refractivity contribution in [2.75, 3.05) is 13.2 Å². The molecule has 1 rings (SSSR count). The molecular formula is C12H14Br5O2PS. The highest BCUT2D eigenvalue weighted by Crippen LogP contribution is 2.53. The van der Waals surface area contributed by atoms with E-state index in [0.717, 1.165) is 27.1 Å². The van der Waals surface area contributed by atoms with Crippen molar-refractivity contribution in [1.82, 2.24) is 0 Å². The number of alkyl halides is 3. The van der Waals surface area contributed by atoms with Crippen LogP contribution in [0, 0.1) is 0 Å². The van der Waals surface area contributed by atoms with Crippen LogP contribution in [0.5, 0.6) is 0 Å². The van der Waals surface area contributed by atoms with E-state index in [0.29, 0.717) is 13.2 Å². The van der Waals surface area contributed by atoms with Gasteiger partial charge in [-0.15, -0.1) is 0 Å². The van der Waals surface area contributed by atoms with Crippen LogP contribution in [0.3, 0.4) is 0 Å². The molecule has 0 aliphatic carbocycles. The minimum absolute atomic E-state index is 0.324. The van der Waals surface area contributed by atoms with Crippen molar-refractivity contribution >= 4 is 103 Å². The first-order valence-electron chi connectivity index (χ1n) is 6.10. The standard InChI is InChI=1S/C12H14Br5O2PS/c1-2-3-7-18-20(21,19-8-12(15,16)17)11-9(13)5-4-6-10(11)14/h4-6H,2-3,7-8H2,1H3. The van der Waals surface area contributed by atoms with Crippen LogP contribution >= 0.6 is 86.1 Å². The second-order valence-electron chi connectivity index (χ2n) is 4.14. The summed E-state index contributed by atoms with van der Waals surface area (Å²) in [7, 11) is 0. The molecule has 0 aromatic heterocycles. The lowest BCUT2D eigenvalue weighted by Gasteiger charge is -2.26. The van der Waals surface area contributed by atoms with Crippen molar-refractivity contribution in [1.29, 1.82) is 0 Å². The predicted molar refractivity (Wildman–Crippen MR) is 112 cm³/mol. The van der Waals surface area contributed by atoms with Gasteiger partial charge in [-0.05, 0) is 62.2 Å². The lowest BCUT2D eigenvalue weighted by molar-refractivity contribution is 0.258. The Morgan fingerprint density at radius 2 is 1.71 bits per heavy atom. The first-order valence-corrected chi connectivity index (χ1v) is 12.7. The van der Waals surface area contributed by atoms with Gasteiger partial charge in [0.05, 0.1) is 18.5 Å². The fourth-order valence-electron chi connectivity index (χ4n) is 1.40. The third-order valence-electron chi connectivity index (χ3n) is 2.37. The van der Waals surface area contributed by atoms with E-state index >= 15 is 0 Å². The average Bonchev–Trinajstić information content (AvgIpc) is 2.36. The normalized spacial score (nSPS) is 15.0. The minimum Gasteiger partial charge on any atom is -0.326 e. The fourth-order valence-corrected chi connectivity index (χ4v) is 8.09. The molecule has 0 radical (unpaired) electrons. The van der Waals surface area contributed by atoms with Gasteiger partial charge in [0.1, 0.15) is 0 Å². The summed E-state index contributed by atoms with van der Waals surface area (Å²) in [4.78, 5) is 0. The monoisotopic (exact) mass is 648 g/mol. The van der Waals surface area contributed by atoms with E-state index in [1.807, 2.05) is 18.2 Å². The zero-order valence-corrected chi connectivity index (χ0v) is 20.8. The maximum atomic E-state index is 5.99. The molecule has 0 aliphatic heterocycles. The largest absolute Gasteiger partial charge is 0.326 e. The lowest BCUT2D eigenvalue weighted by Crippen LogP contribution is -2.18. The summed E-state index contributed by atoms with van der Waals surface area (Å²) in [5.41, 5.74) is 0. The van der Waals surface area contributed by atoms with Gasteiger partial charge in [0.25, 0.3) is 0 Å². The molecule has 0 saturated heterocycles. The van der Waals surface area contributed by atoms with E-state index in [9.17, 15) is 0 Å². The number of hydrogen-bond donors (Lipinski definition) is 0. The summed E-state index contributed by atoms with van der Waals surface area (Å²) >= 11 is 23.1. The van der Waals surface area contributed by atoms with Crippen molar-refractivity contribution in [2.45, 2.75) is 21.9 Å². The van der Waals surface area contributed by atoms with Crippen LogP contribution in [0.2, 0.25) is 0 Å². The Morgan fingerprint density at radius 1 is 1.14 bits per heavy atom. The van der Waals surface area contributed by atoms with Crippen molar-refractivity contribution in [2.24, 2.45) is 0 Å². The molecule has 120 valence electrons. The predicted octanol–water partition coefficient (Wildman–Crippen LogP) is 6.82. The molecule has 1 aromatic rings. The summed E-state index contributed by atoms with van der Waals surface area (Å²) < 4.78 is 13.3. The van der Waals surface area contributed by atoms with Crippen LogP contribution < -0.4 is 5.30 Å². The first-order chi connectivity index (χ1) is 9.69. The number of unbranched alkanes of at least 4 members (excludes halogenated alkanes) is 1.